The summed E-state index contributed by atoms with van der Waals surface area (Å²) in [4.78, 5) is 0. The lowest BCUT2D eigenvalue weighted by Crippen LogP contribution is -2.25. The molecular weight excluding hydrogens is 404 g/mol. The van der Waals surface area contributed by atoms with Crippen molar-refractivity contribution in [1.29, 1.82) is 0 Å². The highest BCUT2D eigenvalue weighted by molar-refractivity contribution is 5.00. The Bertz CT molecular complexity index is 389. The molecule has 0 aliphatic rings. The number of allylic oxidation sites excluding steroid dienone is 2. The largest absolute Gasteiger partial charge is 0.412 e. The van der Waals surface area contributed by atoms with Crippen LogP contribution in [0, 0.1) is 11.8 Å². The van der Waals surface area contributed by atoms with Gasteiger partial charge in [0.05, 0.1) is 6.61 Å². The van der Waals surface area contributed by atoms with E-state index in [1.165, 1.54) is 0 Å². The van der Waals surface area contributed by atoms with E-state index < -0.39 is 0 Å². The Balaban J connectivity index is -0.000000174. The summed E-state index contributed by atoms with van der Waals surface area (Å²) in [5.41, 5.74) is 1.13. The summed E-state index contributed by atoms with van der Waals surface area (Å²) in [5, 5.41) is 0. The normalized spacial score (nSPS) is 13.5. The molecule has 2 N–H and O–H groups in total. The summed E-state index contributed by atoms with van der Waals surface area (Å²) in [5.74, 6) is 0.597. The van der Waals surface area contributed by atoms with Gasteiger partial charge in [0.1, 0.15) is 0 Å². The minimum absolute atomic E-state index is 0. The van der Waals surface area contributed by atoms with Gasteiger partial charge in [-0.25, -0.2) is 0 Å². The number of rotatable bonds is 13. The molecule has 2 atom stereocenters. The van der Waals surface area contributed by atoms with Crippen molar-refractivity contribution in [2.45, 2.75) is 59.9 Å². The van der Waals surface area contributed by atoms with Gasteiger partial charge in [-0.3, -0.25) is 0 Å². The predicted molar refractivity (Wildman–Crippen MR) is 126 cm³/mol. The van der Waals surface area contributed by atoms with Gasteiger partial charge in [0.15, 0.2) is 18.9 Å². The van der Waals surface area contributed by atoms with E-state index in [-0.39, 0.29) is 30.3 Å². The Morgan fingerprint density at radius 3 is 1.52 bits per heavy atom. The second-order valence-electron chi connectivity index (χ2n) is 6.66. The molecule has 31 heavy (non-hydrogen) atoms. The van der Waals surface area contributed by atoms with Crippen LogP contribution in [0.1, 0.15) is 41.0 Å². The minimum Gasteiger partial charge on any atom is -0.412 e. The Labute approximate surface area is 191 Å². The standard InChI is InChI=1S/2C8H16O2.C7H16O3.H2O/c2*1-5-6-7(2)8(9-3)10-4;1-6(5-8-2)7(9-3)10-4;/h6,8H,5H2,1-4H3;5-8H,1-4H3;6-7H,5H2,1-4H3;1H2/b7-6+;6-5+;;. The molecule has 0 saturated heterocycles. The van der Waals surface area contributed by atoms with Crippen LogP contribution in [0.4, 0.5) is 0 Å². The SMILES string of the molecule is C/C=C/C(C)C(OC)OC.CC/C=C(\C)C(OC)OC.COCC(C)C(OC)OC.O. The van der Waals surface area contributed by atoms with Gasteiger partial charge in [-0.1, -0.05) is 39.0 Å². The van der Waals surface area contributed by atoms with Crippen LogP contribution in [0.25, 0.3) is 0 Å². The van der Waals surface area contributed by atoms with Crippen LogP contribution in [0.2, 0.25) is 0 Å². The fourth-order valence-electron chi connectivity index (χ4n) is 2.71. The van der Waals surface area contributed by atoms with Crippen molar-refractivity contribution >= 4 is 0 Å². The monoisotopic (exact) mass is 454 g/mol. The Hall–Kier alpha value is -0.840. The van der Waals surface area contributed by atoms with Crippen molar-refractivity contribution in [2.24, 2.45) is 11.8 Å². The summed E-state index contributed by atoms with van der Waals surface area (Å²) in [6, 6.07) is 0. The van der Waals surface area contributed by atoms with E-state index in [2.05, 4.69) is 26.0 Å². The molecule has 0 bridgehead atoms. The first-order valence-corrected chi connectivity index (χ1v) is 10.2. The van der Waals surface area contributed by atoms with E-state index in [1.54, 1.807) is 49.8 Å². The van der Waals surface area contributed by atoms with Gasteiger partial charge >= 0.3 is 0 Å². The summed E-state index contributed by atoms with van der Waals surface area (Å²) in [6.45, 7) is 10.8. The van der Waals surface area contributed by atoms with Crippen LogP contribution in [-0.2, 0) is 33.2 Å². The van der Waals surface area contributed by atoms with Gasteiger partial charge in [-0.2, -0.15) is 0 Å². The predicted octanol–water partition coefficient (Wildman–Crippen LogP) is 3.84. The van der Waals surface area contributed by atoms with E-state index in [0.717, 1.165) is 12.0 Å². The Morgan fingerprint density at radius 2 is 1.23 bits per heavy atom. The summed E-state index contributed by atoms with van der Waals surface area (Å²) < 4.78 is 35.1. The zero-order valence-electron chi connectivity index (χ0n) is 21.9. The number of methoxy groups -OCH3 is 7. The van der Waals surface area contributed by atoms with Crippen molar-refractivity contribution in [1.82, 2.24) is 0 Å². The number of hydrogen-bond donors (Lipinski definition) is 0. The molecule has 0 spiro atoms. The van der Waals surface area contributed by atoms with Gasteiger partial charge in [0, 0.05) is 61.6 Å². The fraction of sp³-hybridized carbons (Fsp3) is 0.826. The molecule has 190 valence electrons. The van der Waals surface area contributed by atoms with Crippen molar-refractivity contribution in [3.63, 3.8) is 0 Å². The highest BCUT2D eigenvalue weighted by Gasteiger charge is 2.14. The van der Waals surface area contributed by atoms with Crippen molar-refractivity contribution < 1.29 is 38.6 Å². The van der Waals surface area contributed by atoms with Gasteiger partial charge < -0.3 is 38.6 Å². The van der Waals surface area contributed by atoms with Gasteiger partial charge in [-0.05, 0) is 25.8 Å². The summed E-state index contributed by atoms with van der Waals surface area (Å²) >= 11 is 0. The molecular formula is C23H50O8. The molecule has 0 amide bonds. The first kappa shape index (κ1) is 37.5. The average molecular weight is 455 g/mol. The lowest BCUT2D eigenvalue weighted by Gasteiger charge is -2.19. The van der Waals surface area contributed by atoms with Crippen molar-refractivity contribution in [3.8, 4) is 0 Å². The maximum atomic E-state index is 5.04. The van der Waals surface area contributed by atoms with E-state index >= 15 is 0 Å². The van der Waals surface area contributed by atoms with Gasteiger partial charge in [0.25, 0.3) is 0 Å². The van der Waals surface area contributed by atoms with Crippen molar-refractivity contribution in [2.75, 3.05) is 56.4 Å². The molecule has 0 saturated carbocycles. The van der Waals surface area contributed by atoms with Crippen LogP contribution in [0.5, 0.6) is 0 Å². The molecule has 0 aliphatic heterocycles. The second kappa shape index (κ2) is 27.2. The Kier molecular flexibility index (Phi) is 32.9. The third-order valence-corrected chi connectivity index (χ3v) is 4.07. The summed E-state index contributed by atoms with van der Waals surface area (Å²) in [6.07, 6.45) is 6.73. The number of hydrogen-bond acceptors (Lipinski definition) is 7. The molecule has 0 aliphatic carbocycles. The molecule has 2 unspecified atom stereocenters. The van der Waals surface area contributed by atoms with Crippen LogP contribution in [-0.4, -0.2) is 80.7 Å². The molecule has 8 heteroatoms. The third-order valence-electron chi connectivity index (χ3n) is 4.07. The molecule has 0 aromatic carbocycles. The zero-order chi connectivity index (χ0) is 23.9. The first-order valence-electron chi connectivity index (χ1n) is 10.2. The van der Waals surface area contributed by atoms with E-state index in [0.29, 0.717) is 12.5 Å². The smallest absolute Gasteiger partial charge is 0.178 e. The lowest BCUT2D eigenvalue weighted by molar-refractivity contribution is -0.143. The van der Waals surface area contributed by atoms with Crippen LogP contribution in [0.15, 0.2) is 23.8 Å². The minimum atomic E-state index is -0.167. The quantitative estimate of drug-likeness (QED) is 0.308. The third kappa shape index (κ3) is 20.8. The number of ether oxygens (including phenoxy) is 7. The lowest BCUT2D eigenvalue weighted by atomic mass is 10.1. The van der Waals surface area contributed by atoms with E-state index in [4.69, 9.17) is 33.2 Å². The fourth-order valence-corrected chi connectivity index (χ4v) is 2.71. The maximum Gasteiger partial charge on any atom is 0.178 e. The van der Waals surface area contributed by atoms with Crippen LogP contribution in [0.3, 0.4) is 0 Å². The zero-order valence-corrected chi connectivity index (χ0v) is 21.9. The molecule has 0 radical (unpaired) electrons. The van der Waals surface area contributed by atoms with E-state index in [1.807, 2.05) is 26.8 Å². The first-order chi connectivity index (χ1) is 14.3. The Morgan fingerprint density at radius 1 is 0.774 bits per heavy atom. The highest BCUT2D eigenvalue weighted by Crippen LogP contribution is 2.08. The molecule has 0 heterocycles. The second-order valence-corrected chi connectivity index (χ2v) is 6.66. The average Bonchev–Trinajstić information content (AvgIpc) is 2.72. The van der Waals surface area contributed by atoms with Crippen LogP contribution < -0.4 is 0 Å². The van der Waals surface area contributed by atoms with Crippen molar-refractivity contribution in [3.05, 3.63) is 23.8 Å². The van der Waals surface area contributed by atoms with E-state index in [9.17, 15) is 0 Å². The molecule has 0 aromatic rings. The summed E-state index contributed by atoms with van der Waals surface area (Å²) in [7, 11) is 11.5. The van der Waals surface area contributed by atoms with Gasteiger partial charge in [-0.15, -0.1) is 0 Å². The topological polar surface area (TPSA) is 96.1 Å². The molecule has 0 aromatic heterocycles. The van der Waals surface area contributed by atoms with Crippen LogP contribution >= 0.6 is 0 Å². The van der Waals surface area contributed by atoms with Gasteiger partial charge in [0.2, 0.25) is 0 Å². The molecule has 8 nitrogen and oxygen atoms in total. The maximum absolute atomic E-state index is 5.04. The highest BCUT2D eigenvalue weighted by atomic mass is 16.7. The molecule has 0 fully saturated rings. The molecule has 0 rings (SSSR count).